The van der Waals surface area contributed by atoms with Crippen molar-refractivity contribution in [1.29, 1.82) is 0 Å². The molecule has 0 aliphatic heterocycles. The predicted octanol–water partition coefficient (Wildman–Crippen LogP) is 1.12. The Morgan fingerprint density at radius 3 is 2.64 bits per heavy atom. The van der Waals surface area contributed by atoms with E-state index in [0.29, 0.717) is 5.00 Å². The molecule has 11 heavy (non-hydrogen) atoms. The van der Waals surface area contributed by atoms with Gasteiger partial charge in [0.05, 0.1) is 5.75 Å². The Hall–Kier alpha value is -0.550. The Morgan fingerprint density at radius 1 is 1.64 bits per heavy atom. The average molecular weight is 191 g/mol. The van der Waals surface area contributed by atoms with Crippen molar-refractivity contribution in [2.75, 3.05) is 11.5 Å². The Balaban J connectivity index is 3.22. The van der Waals surface area contributed by atoms with Crippen molar-refractivity contribution in [3.8, 4) is 0 Å². The molecule has 0 aromatic carbocycles. The molecule has 3 nitrogen and oxygen atoms in total. The largest absolute Gasteiger partial charge is 0.390 e. The second-order valence-corrected chi connectivity index (χ2v) is 5.25. The van der Waals surface area contributed by atoms with Gasteiger partial charge in [0.15, 0.2) is 9.84 Å². The van der Waals surface area contributed by atoms with Crippen LogP contribution in [-0.2, 0) is 9.84 Å². The third-order valence-corrected chi connectivity index (χ3v) is 4.03. The fourth-order valence-electron chi connectivity index (χ4n) is 0.722. The summed E-state index contributed by atoms with van der Waals surface area (Å²) in [5, 5.41) is 2.06. The summed E-state index contributed by atoms with van der Waals surface area (Å²) in [5.41, 5.74) is 5.44. The molecule has 0 amide bonds. The van der Waals surface area contributed by atoms with Gasteiger partial charge in [0, 0.05) is 0 Å². The highest BCUT2D eigenvalue weighted by molar-refractivity contribution is 7.91. The molecule has 1 aromatic heterocycles. The van der Waals surface area contributed by atoms with E-state index in [1.54, 1.807) is 18.4 Å². The van der Waals surface area contributed by atoms with Crippen molar-refractivity contribution in [2.45, 2.75) is 11.8 Å². The molecule has 62 valence electrons. The summed E-state index contributed by atoms with van der Waals surface area (Å²) >= 11 is 1.25. The van der Waals surface area contributed by atoms with Gasteiger partial charge in [-0.05, 0) is 11.4 Å². The van der Waals surface area contributed by atoms with Crippen LogP contribution in [0.4, 0.5) is 5.00 Å². The maximum Gasteiger partial charge on any atom is 0.181 e. The monoisotopic (exact) mass is 191 g/mol. The number of nitrogen functional groups attached to an aromatic ring is 1. The summed E-state index contributed by atoms with van der Waals surface area (Å²) < 4.78 is 22.4. The van der Waals surface area contributed by atoms with Crippen LogP contribution in [0.3, 0.4) is 0 Å². The maximum absolute atomic E-state index is 11.2. The second kappa shape index (κ2) is 2.83. The molecule has 1 aromatic rings. The van der Waals surface area contributed by atoms with Crippen LogP contribution >= 0.6 is 11.3 Å². The third-order valence-electron chi connectivity index (χ3n) is 1.37. The van der Waals surface area contributed by atoms with Crippen molar-refractivity contribution >= 4 is 26.2 Å². The van der Waals surface area contributed by atoms with E-state index in [0.717, 1.165) is 0 Å². The zero-order valence-electron chi connectivity index (χ0n) is 6.07. The average Bonchev–Trinajstić information content (AvgIpc) is 2.36. The molecule has 0 saturated carbocycles. The van der Waals surface area contributed by atoms with Crippen LogP contribution in [0, 0.1) is 0 Å². The lowest BCUT2D eigenvalue weighted by atomic mass is 10.6. The summed E-state index contributed by atoms with van der Waals surface area (Å²) in [4.78, 5) is 0.269. The van der Waals surface area contributed by atoms with Crippen LogP contribution in [0.1, 0.15) is 6.92 Å². The van der Waals surface area contributed by atoms with E-state index in [9.17, 15) is 8.42 Å². The van der Waals surface area contributed by atoms with Gasteiger partial charge in [-0.1, -0.05) is 6.92 Å². The van der Waals surface area contributed by atoms with Crippen molar-refractivity contribution in [1.82, 2.24) is 0 Å². The highest BCUT2D eigenvalue weighted by Gasteiger charge is 2.15. The highest BCUT2D eigenvalue weighted by Crippen LogP contribution is 2.24. The lowest BCUT2D eigenvalue weighted by Gasteiger charge is -1.97. The lowest BCUT2D eigenvalue weighted by molar-refractivity contribution is 0.598. The van der Waals surface area contributed by atoms with E-state index >= 15 is 0 Å². The number of rotatable bonds is 2. The first-order valence-electron chi connectivity index (χ1n) is 3.13. The summed E-state index contributed by atoms with van der Waals surface area (Å²) in [6, 6.07) is 1.54. The van der Waals surface area contributed by atoms with Crippen LogP contribution < -0.4 is 5.73 Å². The normalized spacial score (nSPS) is 11.7. The highest BCUT2D eigenvalue weighted by atomic mass is 32.2. The maximum atomic E-state index is 11.2. The van der Waals surface area contributed by atoms with E-state index in [-0.39, 0.29) is 10.6 Å². The molecule has 0 aliphatic rings. The molecule has 0 atom stereocenters. The Kier molecular flexibility index (Phi) is 2.20. The van der Waals surface area contributed by atoms with Gasteiger partial charge >= 0.3 is 0 Å². The first-order valence-corrected chi connectivity index (χ1v) is 5.67. The van der Waals surface area contributed by atoms with Gasteiger partial charge in [0.25, 0.3) is 0 Å². The lowest BCUT2D eigenvalue weighted by Crippen LogP contribution is -2.04. The van der Waals surface area contributed by atoms with Gasteiger partial charge in [-0.15, -0.1) is 11.3 Å². The molecule has 1 rings (SSSR count). The zero-order valence-corrected chi connectivity index (χ0v) is 7.71. The molecular formula is C6H9NO2S2. The quantitative estimate of drug-likeness (QED) is 0.762. The van der Waals surface area contributed by atoms with E-state index < -0.39 is 9.84 Å². The van der Waals surface area contributed by atoms with Crippen molar-refractivity contribution < 1.29 is 8.42 Å². The second-order valence-electron chi connectivity index (χ2n) is 2.05. The van der Waals surface area contributed by atoms with Gasteiger partial charge in [-0.25, -0.2) is 8.42 Å². The van der Waals surface area contributed by atoms with Gasteiger partial charge in [0.2, 0.25) is 0 Å². The molecule has 0 unspecified atom stereocenters. The number of sulfone groups is 1. The predicted molar refractivity (Wildman–Crippen MR) is 46.5 cm³/mol. The van der Waals surface area contributed by atoms with E-state index in [2.05, 4.69) is 0 Å². The molecule has 0 bridgehead atoms. The molecule has 0 spiro atoms. The molecule has 5 heteroatoms. The number of anilines is 1. The molecule has 2 N–H and O–H groups in total. The minimum absolute atomic E-state index is 0.105. The first kappa shape index (κ1) is 8.55. The number of hydrogen-bond donors (Lipinski definition) is 1. The topological polar surface area (TPSA) is 60.2 Å². The van der Waals surface area contributed by atoms with Gasteiger partial charge in [0.1, 0.15) is 9.90 Å². The van der Waals surface area contributed by atoms with Crippen molar-refractivity contribution in [3.05, 3.63) is 11.4 Å². The molecule has 1 heterocycles. The fourth-order valence-corrected chi connectivity index (χ4v) is 2.76. The fraction of sp³-hybridized carbons (Fsp3) is 0.333. The van der Waals surface area contributed by atoms with Gasteiger partial charge in [-0.2, -0.15) is 0 Å². The van der Waals surface area contributed by atoms with Crippen LogP contribution in [0.5, 0.6) is 0 Å². The third kappa shape index (κ3) is 1.54. The minimum atomic E-state index is -3.10. The van der Waals surface area contributed by atoms with Gasteiger partial charge < -0.3 is 5.73 Å². The molecule has 0 fully saturated rings. The van der Waals surface area contributed by atoms with Crippen LogP contribution in [0.15, 0.2) is 16.3 Å². The van der Waals surface area contributed by atoms with E-state index in [4.69, 9.17) is 5.73 Å². The number of nitrogens with two attached hydrogens (primary N) is 1. The molecule has 0 saturated heterocycles. The van der Waals surface area contributed by atoms with Gasteiger partial charge in [-0.3, -0.25) is 0 Å². The summed E-state index contributed by atoms with van der Waals surface area (Å²) in [7, 11) is -3.10. The SMILES string of the molecule is CCS(=O)(=O)c1ccsc1N. The number of hydrogen-bond acceptors (Lipinski definition) is 4. The Bertz CT molecular complexity index is 339. The van der Waals surface area contributed by atoms with Crippen molar-refractivity contribution in [2.24, 2.45) is 0 Å². The minimum Gasteiger partial charge on any atom is -0.390 e. The summed E-state index contributed by atoms with van der Waals surface area (Å²) in [5.74, 6) is 0.105. The zero-order chi connectivity index (χ0) is 8.48. The smallest absolute Gasteiger partial charge is 0.181 e. The van der Waals surface area contributed by atoms with Crippen LogP contribution in [0.2, 0.25) is 0 Å². The first-order chi connectivity index (χ1) is 5.08. The number of thiophene rings is 1. The Labute approximate surface area is 69.8 Å². The molecular weight excluding hydrogens is 182 g/mol. The van der Waals surface area contributed by atoms with E-state index in [1.807, 2.05) is 0 Å². The standard InChI is InChI=1S/C6H9NO2S2/c1-2-11(8,9)5-3-4-10-6(5)7/h3-4H,2,7H2,1H3. The molecule has 0 radical (unpaired) electrons. The summed E-state index contributed by atoms with van der Waals surface area (Å²) in [6.45, 7) is 1.60. The van der Waals surface area contributed by atoms with Crippen LogP contribution in [-0.4, -0.2) is 14.2 Å². The van der Waals surface area contributed by atoms with Crippen LogP contribution in [0.25, 0.3) is 0 Å². The van der Waals surface area contributed by atoms with Crippen molar-refractivity contribution in [3.63, 3.8) is 0 Å². The van der Waals surface area contributed by atoms with E-state index in [1.165, 1.54) is 11.3 Å². The molecule has 0 aliphatic carbocycles. The Morgan fingerprint density at radius 2 is 2.27 bits per heavy atom. The summed E-state index contributed by atoms with van der Waals surface area (Å²) in [6.07, 6.45) is 0.